The van der Waals surface area contributed by atoms with Gasteiger partial charge in [0.05, 0.1) is 12.7 Å². The second kappa shape index (κ2) is 4.30. The van der Waals surface area contributed by atoms with E-state index in [2.05, 4.69) is 20.8 Å². The summed E-state index contributed by atoms with van der Waals surface area (Å²) in [5.74, 6) is 0.0268. The third-order valence-electron chi connectivity index (χ3n) is 2.38. The van der Waals surface area contributed by atoms with Gasteiger partial charge in [0.25, 0.3) is 0 Å². The fourth-order valence-electron chi connectivity index (χ4n) is 1.53. The predicted molar refractivity (Wildman–Crippen MR) is 55.5 cm³/mol. The van der Waals surface area contributed by atoms with E-state index in [4.69, 9.17) is 0 Å². The quantitative estimate of drug-likeness (QED) is 0.675. The van der Waals surface area contributed by atoms with Crippen LogP contribution in [0.1, 0.15) is 19.8 Å². The Kier molecular flexibility index (Phi) is 2.84. The van der Waals surface area contributed by atoms with Crippen LogP contribution in [0.4, 0.5) is 5.82 Å². The van der Waals surface area contributed by atoms with Crippen LogP contribution in [0.5, 0.6) is 0 Å². The highest BCUT2D eigenvalue weighted by Crippen LogP contribution is 2.10. The van der Waals surface area contributed by atoms with Crippen LogP contribution >= 0.6 is 0 Å². The Labute approximate surface area is 92.2 Å². The van der Waals surface area contributed by atoms with Gasteiger partial charge in [-0.1, -0.05) is 0 Å². The van der Waals surface area contributed by atoms with Gasteiger partial charge in [-0.15, -0.1) is 5.10 Å². The third kappa shape index (κ3) is 2.18. The Morgan fingerprint density at radius 3 is 3.06 bits per heavy atom. The van der Waals surface area contributed by atoms with E-state index in [0.29, 0.717) is 25.2 Å². The Bertz CT molecular complexity index is 414. The van der Waals surface area contributed by atoms with Crippen LogP contribution in [0.3, 0.4) is 0 Å². The maximum atomic E-state index is 11.4. The first-order chi connectivity index (χ1) is 7.69. The fourth-order valence-corrected chi connectivity index (χ4v) is 1.53. The lowest BCUT2D eigenvalue weighted by molar-refractivity contribution is -0.133. The molecule has 2 rings (SSSR count). The average molecular weight is 223 g/mol. The van der Waals surface area contributed by atoms with Gasteiger partial charge in [0, 0.05) is 6.42 Å². The maximum absolute atomic E-state index is 11.4. The molecule has 0 saturated carbocycles. The Balaban J connectivity index is 1.99. The second-order valence-corrected chi connectivity index (χ2v) is 3.57. The number of hydrogen-bond acceptors (Lipinski definition) is 5. The van der Waals surface area contributed by atoms with Crippen molar-refractivity contribution in [1.82, 2.24) is 20.3 Å². The van der Waals surface area contributed by atoms with Crippen molar-refractivity contribution in [2.45, 2.75) is 32.4 Å². The van der Waals surface area contributed by atoms with Crippen molar-refractivity contribution in [3.8, 4) is 0 Å². The molecule has 0 spiro atoms. The monoisotopic (exact) mass is 223 g/mol. The van der Waals surface area contributed by atoms with Crippen LogP contribution < -0.4 is 10.6 Å². The van der Waals surface area contributed by atoms with Gasteiger partial charge in [-0.05, 0) is 13.3 Å². The van der Waals surface area contributed by atoms with Gasteiger partial charge >= 0.3 is 0 Å². The summed E-state index contributed by atoms with van der Waals surface area (Å²) in [6, 6.07) is -0.403. The van der Waals surface area contributed by atoms with Crippen LogP contribution in [0.25, 0.3) is 0 Å². The number of carbonyl (C=O) groups is 2. The van der Waals surface area contributed by atoms with Crippen LogP contribution in [0, 0.1) is 0 Å². The summed E-state index contributed by atoms with van der Waals surface area (Å²) in [5.41, 5.74) is 0. The number of imide groups is 1. The van der Waals surface area contributed by atoms with Gasteiger partial charge in [-0.2, -0.15) is 9.90 Å². The zero-order valence-corrected chi connectivity index (χ0v) is 8.93. The first kappa shape index (κ1) is 10.6. The molecule has 1 aromatic rings. The number of amides is 2. The van der Waals surface area contributed by atoms with Crippen molar-refractivity contribution in [2.75, 3.05) is 5.32 Å². The molecular formula is C9H13N5O2. The summed E-state index contributed by atoms with van der Waals surface area (Å²) >= 11 is 0. The van der Waals surface area contributed by atoms with Gasteiger partial charge in [0.2, 0.25) is 11.8 Å². The highest BCUT2D eigenvalue weighted by atomic mass is 16.2. The summed E-state index contributed by atoms with van der Waals surface area (Å²) in [6.07, 6.45) is 2.40. The number of rotatable bonds is 3. The molecule has 2 heterocycles. The molecule has 0 aromatic carbocycles. The van der Waals surface area contributed by atoms with E-state index in [1.54, 1.807) is 6.20 Å². The van der Waals surface area contributed by atoms with E-state index >= 15 is 0 Å². The smallest absolute Gasteiger partial charge is 0.249 e. The third-order valence-corrected chi connectivity index (χ3v) is 2.38. The number of carbonyl (C=O) groups excluding carboxylic acids is 2. The van der Waals surface area contributed by atoms with E-state index in [-0.39, 0.29) is 11.8 Å². The van der Waals surface area contributed by atoms with Crippen molar-refractivity contribution in [3.05, 3.63) is 6.20 Å². The summed E-state index contributed by atoms with van der Waals surface area (Å²) in [6.45, 7) is 2.60. The number of piperidine rings is 1. The Morgan fingerprint density at radius 2 is 2.44 bits per heavy atom. The molecule has 0 radical (unpaired) electrons. The van der Waals surface area contributed by atoms with Crippen LogP contribution in [-0.2, 0) is 16.1 Å². The minimum absolute atomic E-state index is 0.222. The van der Waals surface area contributed by atoms with E-state index in [1.807, 2.05) is 6.92 Å². The Hall–Kier alpha value is -1.92. The lowest BCUT2D eigenvalue weighted by Crippen LogP contribution is -2.47. The molecule has 0 aliphatic carbocycles. The molecule has 1 aliphatic heterocycles. The zero-order chi connectivity index (χ0) is 11.5. The maximum Gasteiger partial charge on any atom is 0.249 e. The molecule has 1 aromatic heterocycles. The molecule has 1 fully saturated rings. The molecule has 1 atom stereocenters. The number of anilines is 1. The lowest BCUT2D eigenvalue weighted by atomic mass is 10.1. The SMILES string of the molecule is CCn1ncc(NC2CCC(=O)NC2=O)n1. The van der Waals surface area contributed by atoms with Gasteiger partial charge < -0.3 is 5.32 Å². The highest BCUT2D eigenvalue weighted by Gasteiger charge is 2.26. The predicted octanol–water partition coefficient (Wildman–Crippen LogP) is -0.485. The summed E-state index contributed by atoms with van der Waals surface area (Å²) in [4.78, 5) is 23.9. The molecule has 7 nitrogen and oxygen atoms in total. The summed E-state index contributed by atoms with van der Waals surface area (Å²) in [5, 5.41) is 13.3. The number of nitrogens with zero attached hydrogens (tertiary/aromatic N) is 3. The van der Waals surface area contributed by atoms with E-state index in [9.17, 15) is 9.59 Å². The molecule has 86 valence electrons. The van der Waals surface area contributed by atoms with E-state index in [0.717, 1.165) is 0 Å². The van der Waals surface area contributed by atoms with Gasteiger partial charge in [-0.3, -0.25) is 14.9 Å². The largest absolute Gasteiger partial charge is 0.356 e. The molecule has 1 aliphatic rings. The van der Waals surface area contributed by atoms with Crippen LogP contribution in [0.15, 0.2) is 6.20 Å². The van der Waals surface area contributed by atoms with Gasteiger partial charge in [-0.25, -0.2) is 0 Å². The van der Waals surface area contributed by atoms with E-state index < -0.39 is 6.04 Å². The van der Waals surface area contributed by atoms with Crippen LogP contribution in [0.2, 0.25) is 0 Å². The van der Waals surface area contributed by atoms with Crippen molar-refractivity contribution >= 4 is 17.6 Å². The molecule has 1 saturated heterocycles. The standard InChI is InChI=1S/C9H13N5O2/c1-2-14-10-5-7(13-14)11-6-3-4-8(15)12-9(6)16/h5-6H,2-4H2,1H3,(H,11,13)(H,12,15,16). The molecule has 1 unspecified atom stereocenters. The van der Waals surface area contributed by atoms with Gasteiger partial charge in [0.1, 0.15) is 6.04 Å². The summed E-state index contributed by atoms with van der Waals surface area (Å²) in [7, 11) is 0. The normalized spacial score (nSPS) is 20.7. The number of nitrogens with one attached hydrogen (secondary N) is 2. The van der Waals surface area contributed by atoms with Gasteiger partial charge in [0.15, 0.2) is 5.82 Å². The number of hydrogen-bond donors (Lipinski definition) is 2. The fraction of sp³-hybridized carbons (Fsp3) is 0.556. The lowest BCUT2D eigenvalue weighted by Gasteiger charge is -2.21. The minimum atomic E-state index is -0.403. The van der Waals surface area contributed by atoms with Crippen molar-refractivity contribution in [2.24, 2.45) is 0 Å². The highest BCUT2D eigenvalue weighted by molar-refractivity contribution is 6.01. The molecule has 0 bridgehead atoms. The number of aromatic nitrogens is 3. The first-order valence-corrected chi connectivity index (χ1v) is 5.19. The second-order valence-electron chi connectivity index (χ2n) is 3.57. The zero-order valence-electron chi connectivity index (χ0n) is 8.93. The summed E-state index contributed by atoms with van der Waals surface area (Å²) < 4.78 is 0. The first-order valence-electron chi connectivity index (χ1n) is 5.19. The molecule has 7 heteroatoms. The molecule has 16 heavy (non-hydrogen) atoms. The average Bonchev–Trinajstić information content (AvgIpc) is 2.70. The van der Waals surface area contributed by atoms with Crippen molar-refractivity contribution in [3.63, 3.8) is 0 Å². The molecule has 2 N–H and O–H groups in total. The van der Waals surface area contributed by atoms with Crippen molar-refractivity contribution in [1.29, 1.82) is 0 Å². The molecule has 2 amide bonds. The molecular weight excluding hydrogens is 210 g/mol. The van der Waals surface area contributed by atoms with Crippen LogP contribution in [-0.4, -0.2) is 32.9 Å². The van der Waals surface area contributed by atoms with E-state index in [1.165, 1.54) is 4.80 Å². The Morgan fingerprint density at radius 1 is 1.62 bits per heavy atom. The minimum Gasteiger partial charge on any atom is -0.356 e. The van der Waals surface area contributed by atoms with Crippen molar-refractivity contribution < 1.29 is 9.59 Å². The number of aryl methyl sites for hydroxylation is 1. The topological polar surface area (TPSA) is 88.9 Å².